The Labute approximate surface area is 110 Å². The Morgan fingerprint density at radius 2 is 2.28 bits per heavy atom. The third-order valence-electron chi connectivity index (χ3n) is 2.93. The quantitative estimate of drug-likeness (QED) is 0.922. The molecule has 0 fully saturated rings. The van der Waals surface area contributed by atoms with Crippen molar-refractivity contribution in [1.82, 2.24) is 10.5 Å². The molecule has 0 saturated heterocycles. The number of aromatic nitrogens is 1. The SMILES string of the molecule is Clc1cc2c(c(CNCc3ccno3)c1)OCC2. The van der Waals surface area contributed by atoms with Gasteiger partial charge in [0.15, 0.2) is 0 Å². The van der Waals surface area contributed by atoms with Crippen LogP contribution in [0.25, 0.3) is 0 Å². The number of nitrogens with one attached hydrogen (secondary N) is 1. The van der Waals surface area contributed by atoms with Crippen molar-refractivity contribution >= 4 is 11.6 Å². The minimum atomic E-state index is 0.640. The Kier molecular flexibility index (Phi) is 3.21. The summed E-state index contributed by atoms with van der Waals surface area (Å²) >= 11 is 6.10. The molecule has 1 aromatic carbocycles. The molecule has 0 atom stereocenters. The third-order valence-corrected chi connectivity index (χ3v) is 3.15. The van der Waals surface area contributed by atoms with Gasteiger partial charge < -0.3 is 14.6 Å². The smallest absolute Gasteiger partial charge is 0.150 e. The largest absolute Gasteiger partial charge is 0.493 e. The second-order valence-electron chi connectivity index (χ2n) is 4.23. The van der Waals surface area contributed by atoms with E-state index in [4.69, 9.17) is 20.9 Å². The number of nitrogens with zero attached hydrogens (tertiary/aromatic N) is 1. The molecule has 0 spiro atoms. The minimum Gasteiger partial charge on any atom is -0.493 e. The van der Waals surface area contributed by atoms with Gasteiger partial charge in [0.25, 0.3) is 0 Å². The summed E-state index contributed by atoms with van der Waals surface area (Å²) in [5.74, 6) is 1.79. The van der Waals surface area contributed by atoms with Crippen LogP contribution >= 0.6 is 11.6 Å². The lowest BCUT2D eigenvalue weighted by molar-refractivity contribution is 0.350. The Morgan fingerprint density at radius 3 is 3.11 bits per heavy atom. The zero-order valence-corrected chi connectivity index (χ0v) is 10.5. The standard InChI is InChI=1S/C13H13ClN2O2/c14-11-5-9-2-4-17-13(9)10(6-11)7-15-8-12-1-3-16-18-12/h1,3,5-6,15H,2,4,7-8H2. The molecule has 0 aliphatic carbocycles. The Hall–Kier alpha value is -1.52. The lowest BCUT2D eigenvalue weighted by atomic mass is 10.1. The van der Waals surface area contributed by atoms with E-state index >= 15 is 0 Å². The second-order valence-corrected chi connectivity index (χ2v) is 4.67. The van der Waals surface area contributed by atoms with Crippen molar-refractivity contribution in [3.8, 4) is 5.75 Å². The molecule has 5 heteroatoms. The van der Waals surface area contributed by atoms with Gasteiger partial charge in [0.2, 0.25) is 0 Å². The van der Waals surface area contributed by atoms with Crippen LogP contribution in [0.15, 0.2) is 28.9 Å². The molecule has 0 amide bonds. The summed E-state index contributed by atoms with van der Waals surface area (Å²) in [6.45, 7) is 2.08. The number of rotatable bonds is 4. The van der Waals surface area contributed by atoms with Crippen LogP contribution in [-0.4, -0.2) is 11.8 Å². The second kappa shape index (κ2) is 5.00. The Balaban J connectivity index is 1.69. The van der Waals surface area contributed by atoms with Crippen molar-refractivity contribution in [2.45, 2.75) is 19.5 Å². The average Bonchev–Trinajstić information content (AvgIpc) is 2.98. The van der Waals surface area contributed by atoms with Gasteiger partial charge in [-0.15, -0.1) is 0 Å². The van der Waals surface area contributed by atoms with Crippen LogP contribution in [-0.2, 0) is 19.5 Å². The van der Waals surface area contributed by atoms with Crippen molar-refractivity contribution < 1.29 is 9.26 Å². The molecule has 1 aromatic heterocycles. The molecule has 94 valence electrons. The minimum absolute atomic E-state index is 0.640. The molecular formula is C13H13ClN2O2. The summed E-state index contributed by atoms with van der Waals surface area (Å²) in [4.78, 5) is 0. The van der Waals surface area contributed by atoms with Gasteiger partial charge in [-0.2, -0.15) is 0 Å². The molecule has 1 aliphatic rings. The monoisotopic (exact) mass is 264 g/mol. The van der Waals surface area contributed by atoms with E-state index in [9.17, 15) is 0 Å². The van der Waals surface area contributed by atoms with E-state index in [1.54, 1.807) is 6.20 Å². The zero-order valence-electron chi connectivity index (χ0n) is 9.78. The first-order chi connectivity index (χ1) is 8.83. The summed E-state index contributed by atoms with van der Waals surface area (Å²) in [5.41, 5.74) is 2.29. The fraction of sp³-hybridized carbons (Fsp3) is 0.308. The maximum Gasteiger partial charge on any atom is 0.150 e. The van der Waals surface area contributed by atoms with E-state index in [-0.39, 0.29) is 0 Å². The summed E-state index contributed by atoms with van der Waals surface area (Å²) in [6.07, 6.45) is 2.57. The normalized spacial score (nSPS) is 13.4. The first kappa shape index (κ1) is 11.6. The fourth-order valence-electron chi connectivity index (χ4n) is 2.13. The first-order valence-corrected chi connectivity index (χ1v) is 6.25. The van der Waals surface area contributed by atoms with Crippen LogP contribution in [0.3, 0.4) is 0 Å². The molecule has 0 saturated carbocycles. The highest BCUT2D eigenvalue weighted by Crippen LogP contribution is 2.32. The van der Waals surface area contributed by atoms with Gasteiger partial charge in [0, 0.05) is 29.6 Å². The van der Waals surface area contributed by atoms with Gasteiger partial charge in [0.05, 0.1) is 19.3 Å². The van der Waals surface area contributed by atoms with Crippen LogP contribution in [0.2, 0.25) is 5.02 Å². The van der Waals surface area contributed by atoms with Crippen LogP contribution in [0.4, 0.5) is 0 Å². The summed E-state index contributed by atoms with van der Waals surface area (Å²) in [6, 6.07) is 5.76. The zero-order chi connectivity index (χ0) is 12.4. The van der Waals surface area contributed by atoms with E-state index in [1.165, 1.54) is 5.56 Å². The molecule has 2 heterocycles. The molecule has 1 N–H and O–H groups in total. The van der Waals surface area contributed by atoms with Gasteiger partial charge in [0.1, 0.15) is 11.5 Å². The fourth-order valence-corrected chi connectivity index (χ4v) is 2.39. The number of benzene rings is 1. The van der Waals surface area contributed by atoms with E-state index < -0.39 is 0 Å². The van der Waals surface area contributed by atoms with E-state index in [2.05, 4.69) is 10.5 Å². The third kappa shape index (κ3) is 2.35. The summed E-state index contributed by atoms with van der Waals surface area (Å²) in [5, 5.41) is 7.71. The van der Waals surface area contributed by atoms with Gasteiger partial charge in [-0.3, -0.25) is 0 Å². The van der Waals surface area contributed by atoms with Crippen molar-refractivity contribution in [3.63, 3.8) is 0 Å². The van der Waals surface area contributed by atoms with Crippen LogP contribution in [0.1, 0.15) is 16.9 Å². The van der Waals surface area contributed by atoms with E-state index in [1.807, 2.05) is 18.2 Å². The predicted molar refractivity (Wildman–Crippen MR) is 67.7 cm³/mol. The van der Waals surface area contributed by atoms with Crippen molar-refractivity contribution in [3.05, 3.63) is 46.3 Å². The highest BCUT2D eigenvalue weighted by atomic mass is 35.5. The number of halogens is 1. The lowest BCUT2D eigenvalue weighted by Crippen LogP contribution is -2.12. The molecule has 18 heavy (non-hydrogen) atoms. The Bertz CT molecular complexity index is 540. The maximum atomic E-state index is 6.10. The lowest BCUT2D eigenvalue weighted by Gasteiger charge is -2.09. The summed E-state index contributed by atoms with van der Waals surface area (Å²) in [7, 11) is 0. The molecule has 4 nitrogen and oxygen atoms in total. The Morgan fingerprint density at radius 1 is 1.33 bits per heavy atom. The van der Waals surface area contributed by atoms with Crippen molar-refractivity contribution in [2.24, 2.45) is 0 Å². The van der Waals surface area contributed by atoms with Crippen LogP contribution < -0.4 is 10.1 Å². The molecule has 3 rings (SSSR count). The molecule has 0 radical (unpaired) electrons. The molecule has 2 aromatic rings. The maximum absolute atomic E-state index is 6.10. The highest BCUT2D eigenvalue weighted by Gasteiger charge is 2.17. The number of fused-ring (bicyclic) bond motifs is 1. The number of hydrogen-bond donors (Lipinski definition) is 1. The van der Waals surface area contributed by atoms with Crippen LogP contribution in [0.5, 0.6) is 5.75 Å². The van der Waals surface area contributed by atoms with Gasteiger partial charge in [-0.1, -0.05) is 16.8 Å². The molecule has 1 aliphatic heterocycles. The van der Waals surface area contributed by atoms with Crippen molar-refractivity contribution in [2.75, 3.05) is 6.61 Å². The van der Waals surface area contributed by atoms with Gasteiger partial charge >= 0.3 is 0 Å². The number of ether oxygens (including phenoxy) is 1. The average molecular weight is 265 g/mol. The highest BCUT2D eigenvalue weighted by molar-refractivity contribution is 6.30. The summed E-state index contributed by atoms with van der Waals surface area (Å²) < 4.78 is 10.7. The molecule has 0 bridgehead atoms. The van der Waals surface area contributed by atoms with Crippen LogP contribution in [0, 0.1) is 0 Å². The number of hydrogen-bond acceptors (Lipinski definition) is 4. The molecule has 0 unspecified atom stereocenters. The van der Waals surface area contributed by atoms with Gasteiger partial charge in [-0.05, 0) is 17.7 Å². The predicted octanol–water partition coefficient (Wildman–Crippen LogP) is 2.55. The van der Waals surface area contributed by atoms with Gasteiger partial charge in [-0.25, -0.2) is 0 Å². The first-order valence-electron chi connectivity index (χ1n) is 5.87. The van der Waals surface area contributed by atoms with E-state index in [0.29, 0.717) is 13.1 Å². The van der Waals surface area contributed by atoms with E-state index in [0.717, 1.165) is 35.1 Å². The molecular weight excluding hydrogens is 252 g/mol. The topological polar surface area (TPSA) is 47.3 Å². The van der Waals surface area contributed by atoms with Crippen molar-refractivity contribution in [1.29, 1.82) is 0 Å².